The van der Waals surface area contributed by atoms with Crippen molar-refractivity contribution in [2.24, 2.45) is 0 Å². The Morgan fingerprint density at radius 1 is 0.927 bits per heavy atom. The van der Waals surface area contributed by atoms with Gasteiger partial charge in [-0.05, 0) is 48.2 Å². The number of amides is 2. The van der Waals surface area contributed by atoms with Crippen LogP contribution in [0.3, 0.4) is 0 Å². The lowest BCUT2D eigenvalue weighted by Gasteiger charge is -2.35. The average molecular weight is 661 g/mol. The van der Waals surface area contributed by atoms with Crippen LogP contribution in [0.1, 0.15) is 43.2 Å². The van der Waals surface area contributed by atoms with Gasteiger partial charge in [0.2, 0.25) is 21.8 Å². The fraction of sp³-hybridized carbons (Fsp3) is 0.355. The number of sulfonamides is 1. The summed E-state index contributed by atoms with van der Waals surface area (Å²) in [6.07, 6.45) is 6.38. The molecule has 0 bridgehead atoms. The van der Waals surface area contributed by atoms with Crippen LogP contribution in [0.25, 0.3) is 0 Å². The van der Waals surface area contributed by atoms with Gasteiger partial charge in [-0.3, -0.25) is 13.9 Å². The number of anilines is 1. The van der Waals surface area contributed by atoms with Crippen molar-refractivity contribution in [3.63, 3.8) is 0 Å². The average Bonchev–Trinajstić information content (AvgIpc) is 2.95. The van der Waals surface area contributed by atoms with E-state index < -0.39 is 28.5 Å². The van der Waals surface area contributed by atoms with Gasteiger partial charge >= 0.3 is 0 Å². The third-order valence-corrected chi connectivity index (χ3v) is 9.26. The second kappa shape index (κ2) is 14.3. The highest BCUT2D eigenvalue weighted by Crippen LogP contribution is 2.28. The molecule has 10 heteroatoms. The molecule has 3 aromatic carbocycles. The summed E-state index contributed by atoms with van der Waals surface area (Å²) >= 11 is 9.81. The number of rotatable bonds is 11. The molecular weight excluding hydrogens is 626 g/mol. The fourth-order valence-corrected chi connectivity index (χ4v) is 6.55. The molecule has 1 atom stereocenters. The molecule has 7 nitrogen and oxygen atoms in total. The van der Waals surface area contributed by atoms with Crippen LogP contribution >= 0.6 is 27.5 Å². The van der Waals surface area contributed by atoms with Crippen LogP contribution < -0.4 is 9.62 Å². The Morgan fingerprint density at radius 3 is 2.20 bits per heavy atom. The molecule has 1 aliphatic rings. The van der Waals surface area contributed by atoms with Crippen LogP contribution in [-0.2, 0) is 32.6 Å². The van der Waals surface area contributed by atoms with E-state index in [1.807, 2.05) is 54.6 Å². The predicted octanol–water partition coefficient (Wildman–Crippen LogP) is 5.96. The Kier molecular flexibility index (Phi) is 10.9. The summed E-state index contributed by atoms with van der Waals surface area (Å²) in [6.45, 7) is -0.372. The molecule has 1 fully saturated rings. The maximum atomic E-state index is 14.2. The van der Waals surface area contributed by atoms with E-state index in [1.54, 1.807) is 24.3 Å². The summed E-state index contributed by atoms with van der Waals surface area (Å²) in [5.41, 5.74) is 1.92. The van der Waals surface area contributed by atoms with Gasteiger partial charge in [0.1, 0.15) is 12.6 Å². The summed E-state index contributed by atoms with van der Waals surface area (Å²) in [5.74, 6) is -0.743. The van der Waals surface area contributed by atoms with E-state index >= 15 is 0 Å². The highest BCUT2D eigenvalue weighted by molar-refractivity contribution is 9.10. The van der Waals surface area contributed by atoms with Crippen molar-refractivity contribution in [2.45, 2.75) is 57.2 Å². The van der Waals surface area contributed by atoms with Crippen molar-refractivity contribution in [1.82, 2.24) is 10.2 Å². The first-order valence-electron chi connectivity index (χ1n) is 13.7. The van der Waals surface area contributed by atoms with Gasteiger partial charge in [-0.2, -0.15) is 0 Å². The zero-order valence-corrected chi connectivity index (χ0v) is 26.2. The van der Waals surface area contributed by atoms with E-state index in [4.69, 9.17) is 11.6 Å². The number of hydrogen-bond acceptors (Lipinski definition) is 4. The molecule has 1 saturated carbocycles. The smallest absolute Gasteiger partial charge is 0.244 e. The van der Waals surface area contributed by atoms with Gasteiger partial charge in [0, 0.05) is 23.5 Å². The van der Waals surface area contributed by atoms with Gasteiger partial charge in [-0.25, -0.2) is 8.42 Å². The second-order valence-electron chi connectivity index (χ2n) is 10.4. The van der Waals surface area contributed by atoms with Gasteiger partial charge in [0.25, 0.3) is 0 Å². The molecule has 41 heavy (non-hydrogen) atoms. The monoisotopic (exact) mass is 659 g/mol. The van der Waals surface area contributed by atoms with Gasteiger partial charge in [-0.15, -0.1) is 0 Å². The van der Waals surface area contributed by atoms with Crippen LogP contribution in [0, 0.1) is 0 Å². The quantitative estimate of drug-likeness (QED) is 0.275. The molecule has 4 rings (SSSR count). The number of benzene rings is 3. The Morgan fingerprint density at radius 2 is 1.56 bits per heavy atom. The predicted molar refractivity (Wildman–Crippen MR) is 167 cm³/mol. The number of carbonyl (C=O) groups is 2. The first-order valence-corrected chi connectivity index (χ1v) is 16.7. The minimum absolute atomic E-state index is 0.0507. The molecule has 0 aromatic heterocycles. The summed E-state index contributed by atoms with van der Waals surface area (Å²) in [4.78, 5) is 29.6. The van der Waals surface area contributed by atoms with Crippen molar-refractivity contribution in [2.75, 3.05) is 17.1 Å². The molecule has 0 heterocycles. The van der Waals surface area contributed by atoms with Gasteiger partial charge in [-0.1, -0.05) is 101 Å². The van der Waals surface area contributed by atoms with Crippen LogP contribution in [0.4, 0.5) is 5.69 Å². The fourth-order valence-electron chi connectivity index (χ4n) is 5.13. The van der Waals surface area contributed by atoms with E-state index in [0.29, 0.717) is 0 Å². The van der Waals surface area contributed by atoms with E-state index in [9.17, 15) is 18.0 Å². The van der Waals surface area contributed by atoms with Crippen LogP contribution in [0.15, 0.2) is 83.3 Å². The Balaban J connectivity index is 1.72. The highest BCUT2D eigenvalue weighted by atomic mass is 79.9. The number of nitrogens with one attached hydrogen (secondary N) is 1. The van der Waals surface area contributed by atoms with E-state index in [-0.39, 0.29) is 35.6 Å². The van der Waals surface area contributed by atoms with Crippen LogP contribution in [0.5, 0.6) is 0 Å². The molecule has 1 N–H and O–H groups in total. The van der Waals surface area contributed by atoms with E-state index in [0.717, 1.165) is 58.3 Å². The molecule has 0 radical (unpaired) electrons. The molecule has 218 valence electrons. The molecule has 0 aliphatic heterocycles. The number of hydrogen-bond donors (Lipinski definition) is 1. The van der Waals surface area contributed by atoms with Gasteiger partial charge in [0.05, 0.1) is 17.0 Å². The third-order valence-electron chi connectivity index (χ3n) is 7.29. The summed E-state index contributed by atoms with van der Waals surface area (Å²) in [7, 11) is -3.88. The molecule has 2 amide bonds. The van der Waals surface area contributed by atoms with E-state index in [1.165, 1.54) is 4.90 Å². The maximum Gasteiger partial charge on any atom is 0.244 e. The van der Waals surface area contributed by atoms with Crippen molar-refractivity contribution < 1.29 is 18.0 Å². The molecule has 0 saturated heterocycles. The minimum atomic E-state index is -3.88. The van der Waals surface area contributed by atoms with Crippen molar-refractivity contribution in [3.05, 3.63) is 99.5 Å². The molecule has 1 aliphatic carbocycles. The Bertz CT molecular complexity index is 1430. The van der Waals surface area contributed by atoms with Crippen molar-refractivity contribution >= 4 is 55.1 Å². The molecule has 0 unspecified atom stereocenters. The minimum Gasteiger partial charge on any atom is -0.352 e. The zero-order chi connectivity index (χ0) is 29.4. The highest BCUT2D eigenvalue weighted by Gasteiger charge is 2.34. The van der Waals surface area contributed by atoms with Crippen LogP contribution in [0.2, 0.25) is 5.02 Å². The first kappa shape index (κ1) is 31.1. The first-order chi connectivity index (χ1) is 19.6. The Labute approximate surface area is 256 Å². The molecule has 3 aromatic rings. The summed E-state index contributed by atoms with van der Waals surface area (Å²) in [6, 6.07) is 22.8. The topological polar surface area (TPSA) is 86.8 Å². The molecule has 0 spiro atoms. The number of halogens is 2. The molecular formula is C31H35BrClN3O4S. The Hall–Kier alpha value is -2.88. The lowest BCUT2D eigenvalue weighted by molar-refractivity contribution is -0.140. The lowest BCUT2D eigenvalue weighted by Crippen LogP contribution is -2.55. The maximum absolute atomic E-state index is 14.2. The lowest BCUT2D eigenvalue weighted by atomic mass is 9.94. The SMILES string of the molecule is CS(=O)(=O)N(CC(=O)N(Cc1ccc(Br)cc1)[C@@H](Cc1ccccc1)C(=O)NC1CCCCC1)c1ccccc1Cl. The number of para-hydroxylation sites is 1. The van der Waals surface area contributed by atoms with E-state index in [2.05, 4.69) is 21.2 Å². The summed E-state index contributed by atoms with van der Waals surface area (Å²) in [5, 5.41) is 3.41. The van der Waals surface area contributed by atoms with Crippen LogP contribution in [-0.4, -0.2) is 50.0 Å². The summed E-state index contributed by atoms with van der Waals surface area (Å²) < 4.78 is 27.7. The van der Waals surface area contributed by atoms with Crippen molar-refractivity contribution in [3.8, 4) is 0 Å². The largest absolute Gasteiger partial charge is 0.352 e. The van der Waals surface area contributed by atoms with Crippen molar-refractivity contribution in [1.29, 1.82) is 0 Å². The zero-order valence-electron chi connectivity index (χ0n) is 23.0. The third kappa shape index (κ3) is 8.80. The normalized spacial score (nSPS) is 14.7. The number of nitrogens with zero attached hydrogens (tertiary/aromatic N) is 2. The van der Waals surface area contributed by atoms with Gasteiger partial charge in [0.15, 0.2) is 0 Å². The number of carbonyl (C=O) groups excluding carboxylic acids is 2. The standard InChI is InChI=1S/C31H35BrClN3O4S/c1-41(39,40)36(28-15-9-8-14-27(28)33)22-30(37)35(21-24-16-18-25(32)19-17-24)29(20-23-10-4-2-5-11-23)31(38)34-26-12-6-3-7-13-26/h2,4-5,8-11,14-19,26,29H,3,6-7,12-13,20-22H2,1H3,(H,34,38)/t29-/m0/s1. The second-order valence-corrected chi connectivity index (χ2v) is 13.6. The van der Waals surface area contributed by atoms with Gasteiger partial charge < -0.3 is 10.2 Å².